The van der Waals surface area contributed by atoms with E-state index in [4.69, 9.17) is 0 Å². The molecule has 4 nitrogen and oxygen atoms in total. The van der Waals surface area contributed by atoms with Crippen molar-refractivity contribution in [3.63, 3.8) is 0 Å². The lowest BCUT2D eigenvalue weighted by Gasteiger charge is -2.34. The number of fused-ring (bicyclic) bond motifs is 1. The van der Waals surface area contributed by atoms with Crippen molar-refractivity contribution in [2.45, 2.75) is 52.1 Å². The van der Waals surface area contributed by atoms with Crippen LogP contribution in [0.2, 0.25) is 0 Å². The molecule has 1 fully saturated rings. The number of aromatic amines is 1. The number of hydrogen-bond acceptors (Lipinski definition) is 2. The fourth-order valence-corrected chi connectivity index (χ4v) is 4.51. The van der Waals surface area contributed by atoms with Crippen molar-refractivity contribution >= 4 is 18.3 Å². The third kappa shape index (κ3) is 4.61. The van der Waals surface area contributed by atoms with Gasteiger partial charge in [0.1, 0.15) is 0 Å². The number of carbonyl (C=O) groups excluding carboxylic acids is 1. The second kappa shape index (κ2) is 9.62. The Hall–Kier alpha value is -1.78. The summed E-state index contributed by atoms with van der Waals surface area (Å²) < 4.78 is 0. The van der Waals surface area contributed by atoms with Crippen LogP contribution in [0.5, 0.6) is 0 Å². The topological polar surface area (TPSA) is 39.3 Å². The first kappa shape index (κ1) is 20.9. The second-order valence-electron chi connectivity index (χ2n) is 8.15. The van der Waals surface area contributed by atoms with Gasteiger partial charge < -0.3 is 9.88 Å². The quantitative estimate of drug-likeness (QED) is 0.733. The second-order valence-corrected chi connectivity index (χ2v) is 8.15. The standard InChI is InChI=1S/C23H31N3O.ClH/c1-2-3-8-22-20(9-12-24-22)16-25-13-10-18(11-14-25)15-26-17-19-6-4-5-7-21(19)23(26)27;/h4-7,9,12,18,24H,2-3,8,10-11,13-17H2,1H3;1H. The van der Waals surface area contributed by atoms with Gasteiger partial charge in [0.25, 0.3) is 5.91 Å². The van der Waals surface area contributed by atoms with E-state index in [1.165, 1.54) is 42.5 Å². The summed E-state index contributed by atoms with van der Waals surface area (Å²) in [7, 11) is 0. The summed E-state index contributed by atoms with van der Waals surface area (Å²) in [4.78, 5) is 20.6. The van der Waals surface area contributed by atoms with Crippen molar-refractivity contribution < 1.29 is 4.79 Å². The molecular weight excluding hydrogens is 370 g/mol. The van der Waals surface area contributed by atoms with E-state index in [-0.39, 0.29) is 18.3 Å². The van der Waals surface area contributed by atoms with Gasteiger partial charge in [0.15, 0.2) is 0 Å². The number of H-pyrrole nitrogens is 1. The Morgan fingerprint density at radius 2 is 1.93 bits per heavy atom. The number of carbonyl (C=O) groups is 1. The van der Waals surface area contributed by atoms with Crippen molar-refractivity contribution in [1.82, 2.24) is 14.8 Å². The summed E-state index contributed by atoms with van der Waals surface area (Å²) in [6.45, 7) is 7.28. The number of benzene rings is 1. The molecule has 152 valence electrons. The molecule has 28 heavy (non-hydrogen) atoms. The van der Waals surface area contributed by atoms with Gasteiger partial charge in [0, 0.05) is 37.1 Å². The molecule has 1 aromatic carbocycles. The highest BCUT2D eigenvalue weighted by Gasteiger charge is 2.30. The molecular formula is C23H32ClN3O. The Labute approximate surface area is 174 Å². The van der Waals surface area contributed by atoms with Crippen LogP contribution in [-0.2, 0) is 19.5 Å². The van der Waals surface area contributed by atoms with Crippen molar-refractivity contribution in [3.05, 3.63) is 58.9 Å². The molecule has 1 saturated heterocycles. The average Bonchev–Trinajstić information content (AvgIpc) is 3.26. The lowest BCUT2D eigenvalue weighted by Crippen LogP contribution is -2.38. The van der Waals surface area contributed by atoms with Crippen molar-refractivity contribution in [3.8, 4) is 0 Å². The predicted octanol–water partition coefficient (Wildman–Crippen LogP) is 4.65. The fourth-order valence-electron chi connectivity index (χ4n) is 4.51. The number of unbranched alkanes of at least 4 members (excludes halogenated alkanes) is 1. The van der Waals surface area contributed by atoms with Crippen molar-refractivity contribution in [1.29, 1.82) is 0 Å². The summed E-state index contributed by atoms with van der Waals surface area (Å²) in [5.41, 5.74) is 4.97. The van der Waals surface area contributed by atoms with Gasteiger partial charge in [-0.15, -0.1) is 12.4 Å². The largest absolute Gasteiger partial charge is 0.365 e. The number of likely N-dealkylation sites (tertiary alicyclic amines) is 1. The molecule has 2 aliphatic rings. The van der Waals surface area contributed by atoms with E-state index >= 15 is 0 Å². The van der Waals surface area contributed by atoms with E-state index in [9.17, 15) is 4.79 Å². The van der Waals surface area contributed by atoms with Crippen LogP contribution in [0.3, 0.4) is 0 Å². The fraction of sp³-hybridized carbons (Fsp3) is 0.522. The number of nitrogens with one attached hydrogen (secondary N) is 1. The minimum atomic E-state index is 0. The number of aromatic nitrogens is 1. The monoisotopic (exact) mass is 401 g/mol. The summed E-state index contributed by atoms with van der Waals surface area (Å²) in [5, 5.41) is 0. The Morgan fingerprint density at radius 1 is 1.14 bits per heavy atom. The summed E-state index contributed by atoms with van der Waals surface area (Å²) in [6, 6.07) is 10.3. The van der Waals surface area contributed by atoms with Crippen LogP contribution in [0.1, 0.15) is 59.8 Å². The Morgan fingerprint density at radius 3 is 2.68 bits per heavy atom. The van der Waals surface area contributed by atoms with E-state index in [1.54, 1.807) is 0 Å². The smallest absolute Gasteiger partial charge is 0.254 e. The van der Waals surface area contributed by atoms with Crippen LogP contribution in [0, 0.1) is 5.92 Å². The molecule has 5 heteroatoms. The van der Waals surface area contributed by atoms with Gasteiger partial charge in [-0.05, 0) is 68.0 Å². The molecule has 1 N–H and O–H groups in total. The molecule has 1 amide bonds. The van der Waals surface area contributed by atoms with Crippen LogP contribution < -0.4 is 0 Å². The predicted molar refractivity (Wildman–Crippen MR) is 116 cm³/mol. The third-order valence-corrected chi connectivity index (χ3v) is 6.19. The molecule has 0 atom stereocenters. The number of nitrogens with zero attached hydrogens (tertiary/aromatic N) is 2. The molecule has 0 bridgehead atoms. The van der Waals surface area contributed by atoms with Gasteiger partial charge in [-0.25, -0.2) is 0 Å². The maximum Gasteiger partial charge on any atom is 0.254 e. The lowest BCUT2D eigenvalue weighted by molar-refractivity contribution is 0.0711. The summed E-state index contributed by atoms with van der Waals surface area (Å²) in [6.07, 6.45) is 8.12. The highest BCUT2D eigenvalue weighted by Crippen LogP contribution is 2.27. The number of halogens is 1. The maximum atomic E-state index is 12.6. The van der Waals surface area contributed by atoms with E-state index in [0.717, 1.165) is 44.7 Å². The summed E-state index contributed by atoms with van der Waals surface area (Å²) >= 11 is 0. The number of rotatable bonds is 7. The first-order chi connectivity index (χ1) is 13.2. The number of piperidine rings is 1. The van der Waals surface area contributed by atoms with Gasteiger partial charge in [-0.1, -0.05) is 31.5 Å². The SMILES string of the molecule is CCCCc1[nH]ccc1CN1CCC(CN2Cc3ccccc3C2=O)CC1.Cl. The molecule has 0 aliphatic carbocycles. The van der Waals surface area contributed by atoms with Crippen molar-refractivity contribution in [2.24, 2.45) is 5.92 Å². The number of aryl methyl sites for hydroxylation is 1. The Bertz CT molecular complexity index is 780. The average molecular weight is 402 g/mol. The van der Waals surface area contributed by atoms with Gasteiger partial charge in [0.05, 0.1) is 0 Å². The van der Waals surface area contributed by atoms with Crippen LogP contribution in [0.4, 0.5) is 0 Å². The first-order valence-corrected chi connectivity index (χ1v) is 10.5. The minimum Gasteiger partial charge on any atom is -0.365 e. The van der Waals surface area contributed by atoms with E-state index in [2.05, 4.69) is 40.0 Å². The molecule has 0 spiro atoms. The van der Waals surface area contributed by atoms with Crippen LogP contribution >= 0.6 is 12.4 Å². The molecule has 0 unspecified atom stereocenters. The maximum absolute atomic E-state index is 12.6. The van der Waals surface area contributed by atoms with Crippen LogP contribution in [-0.4, -0.2) is 40.3 Å². The molecule has 3 heterocycles. The highest BCUT2D eigenvalue weighted by atomic mass is 35.5. The van der Waals surface area contributed by atoms with Gasteiger partial charge in [-0.3, -0.25) is 9.69 Å². The zero-order chi connectivity index (χ0) is 18.6. The Kier molecular flexibility index (Phi) is 7.19. The molecule has 0 radical (unpaired) electrons. The number of hydrogen-bond donors (Lipinski definition) is 1. The Balaban J connectivity index is 0.00000225. The van der Waals surface area contributed by atoms with Crippen molar-refractivity contribution in [2.75, 3.05) is 19.6 Å². The van der Waals surface area contributed by atoms with Crippen LogP contribution in [0.25, 0.3) is 0 Å². The van der Waals surface area contributed by atoms with Gasteiger partial charge in [0.2, 0.25) is 0 Å². The minimum absolute atomic E-state index is 0. The first-order valence-electron chi connectivity index (χ1n) is 10.5. The summed E-state index contributed by atoms with van der Waals surface area (Å²) in [5.74, 6) is 0.853. The molecule has 2 aromatic rings. The lowest BCUT2D eigenvalue weighted by atomic mass is 9.95. The van der Waals surface area contributed by atoms with E-state index < -0.39 is 0 Å². The highest BCUT2D eigenvalue weighted by molar-refractivity contribution is 5.98. The normalized spacial score (nSPS) is 17.6. The van der Waals surface area contributed by atoms with Gasteiger partial charge >= 0.3 is 0 Å². The zero-order valence-electron chi connectivity index (χ0n) is 16.8. The van der Waals surface area contributed by atoms with Crippen LogP contribution in [0.15, 0.2) is 36.5 Å². The van der Waals surface area contributed by atoms with E-state index in [0.29, 0.717) is 5.92 Å². The molecule has 2 aliphatic heterocycles. The molecule has 1 aromatic heterocycles. The number of amides is 1. The molecule has 0 saturated carbocycles. The third-order valence-electron chi connectivity index (χ3n) is 6.19. The zero-order valence-corrected chi connectivity index (χ0v) is 17.6. The van der Waals surface area contributed by atoms with Gasteiger partial charge in [-0.2, -0.15) is 0 Å². The van der Waals surface area contributed by atoms with E-state index in [1.807, 2.05) is 18.2 Å². The molecule has 4 rings (SSSR count).